The number of fused-ring (bicyclic) bond motifs is 1. The highest BCUT2D eigenvalue weighted by Gasteiger charge is 2.20. The fourth-order valence-electron chi connectivity index (χ4n) is 2.67. The van der Waals surface area contributed by atoms with Gasteiger partial charge >= 0.3 is 0 Å². The van der Waals surface area contributed by atoms with Crippen molar-refractivity contribution in [2.45, 2.75) is 31.7 Å². The van der Waals surface area contributed by atoms with Gasteiger partial charge in [-0.1, -0.05) is 24.3 Å². The van der Waals surface area contributed by atoms with Crippen LogP contribution in [0, 0.1) is 0 Å². The zero-order chi connectivity index (χ0) is 13.1. The van der Waals surface area contributed by atoms with Gasteiger partial charge in [0.15, 0.2) is 0 Å². The first-order chi connectivity index (χ1) is 9.40. The van der Waals surface area contributed by atoms with Crippen LogP contribution in [0.3, 0.4) is 0 Å². The topological polar surface area (TPSA) is 38.1 Å². The maximum Gasteiger partial charge on any atom is 0.0933 e. The summed E-state index contributed by atoms with van der Waals surface area (Å²) in [6.45, 7) is 3.82. The van der Waals surface area contributed by atoms with Gasteiger partial charge in [-0.15, -0.1) is 6.58 Å². The van der Waals surface area contributed by atoms with Crippen molar-refractivity contribution in [2.75, 3.05) is 0 Å². The molecule has 0 bridgehead atoms. The van der Waals surface area contributed by atoms with Crippen molar-refractivity contribution in [3.8, 4) is 0 Å². The lowest BCUT2D eigenvalue weighted by molar-refractivity contribution is 0.599. The second-order valence-corrected chi connectivity index (χ2v) is 4.85. The number of aliphatic imine (C=N–C) groups is 1. The second kappa shape index (κ2) is 5.31. The standard InChI is InChI=1S/C16H17N3/c1-2-7-15-16(14-10-5-6-11-17-14)12-8-3-4-9-13(12)18-19-15/h2-4,8-9,11,14H,1,5-7,10H2. The predicted octanol–water partition coefficient (Wildman–Crippen LogP) is 3.65. The number of hydrogen-bond acceptors (Lipinski definition) is 3. The Morgan fingerprint density at radius 3 is 2.95 bits per heavy atom. The minimum absolute atomic E-state index is 0.226. The van der Waals surface area contributed by atoms with Crippen LogP contribution >= 0.6 is 0 Å². The predicted molar refractivity (Wildman–Crippen MR) is 78.5 cm³/mol. The highest BCUT2D eigenvalue weighted by molar-refractivity contribution is 5.83. The van der Waals surface area contributed by atoms with Gasteiger partial charge < -0.3 is 0 Å². The quantitative estimate of drug-likeness (QED) is 0.781. The number of nitrogens with zero attached hydrogens (tertiary/aromatic N) is 3. The molecule has 1 aliphatic rings. The van der Waals surface area contributed by atoms with Crippen LogP contribution in [0.15, 0.2) is 41.9 Å². The van der Waals surface area contributed by atoms with Crippen molar-refractivity contribution in [3.63, 3.8) is 0 Å². The van der Waals surface area contributed by atoms with Gasteiger partial charge in [-0.2, -0.15) is 10.2 Å². The summed E-state index contributed by atoms with van der Waals surface area (Å²) in [6, 6.07) is 8.41. The summed E-state index contributed by atoms with van der Waals surface area (Å²) in [6.07, 6.45) is 8.05. The van der Waals surface area contributed by atoms with Gasteiger partial charge in [-0.3, -0.25) is 4.99 Å². The van der Waals surface area contributed by atoms with E-state index in [0.717, 1.165) is 30.5 Å². The summed E-state index contributed by atoms with van der Waals surface area (Å²) in [7, 11) is 0. The van der Waals surface area contributed by atoms with Crippen molar-refractivity contribution < 1.29 is 0 Å². The summed E-state index contributed by atoms with van der Waals surface area (Å²) in [5, 5.41) is 9.86. The Kier molecular flexibility index (Phi) is 3.36. The van der Waals surface area contributed by atoms with E-state index in [2.05, 4.69) is 33.9 Å². The fourth-order valence-corrected chi connectivity index (χ4v) is 2.67. The van der Waals surface area contributed by atoms with E-state index in [1.54, 1.807) is 0 Å². The van der Waals surface area contributed by atoms with E-state index in [0.29, 0.717) is 0 Å². The molecule has 0 N–H and O–H groups in total. The maximum atomic E-state index is 4.67. The lowest BCUT2D eigenvalue weighted by Gasteiger charge is -2.20. The molecular formula is C16H17N3. The van der Waals surface area contributed by atoms with Gasteiger partial charge in [0.1, 0.15) is 0 Å². The first-order valence-electron chi connectivity index (χ1n) is 6.77. The van der Waals surface area contributed by atoms with Crippen molar-refractivity contribution >= 4 is 17.1 Å². The molecule has 1 aromatic carbocycles. The van der Waals surface area contributed by atoms with Crippen LogP contribution in [0.5, 0.6) is 0 Å². The molecule has 0 spiro atoms. The van der Waals surface area contributed by atoms with Gasteiger partial charge in [0, 0.05) is 17.4 Å². The molecule has 3 heteroatoms. The molecule has 0 saturated carbocycles. The van der Waals surface area contributed by atoms with Gasteiger partial charge in [0.25, 0.3) is 0 Å². The number of rotatable bonds is 3. The summed E-state index contributed by atoms with van der Waals surface area (Å²) in [4.78, 5) is 4.67. The number of hydrogen-bond donors (Lipinski definition) is 0. The van der Waals surface area contributed by atoms with Gasteiger partial charge in [-0.25, -0.2) is 0 Å². The van der Waals surface area contributed by atoms with Gasteiger partial charge in [-0.05, 0) is 31.5 Å². The van der Waals surface area contributed by atoms with Crippen molar-refractivity contribution in [3.05, 3.63) is 48.2 Å². The van der Waals surface area contributed by atoms with Crippen molar-refractivity contribution in [2.24, 2.45) is 4.99 Å². The Balaban J connectivity index is 2.21. The average molecular weight is 251 g/mol. The fraction of sp³-hybridized carbons (Fsp3) is 0.312. The monoisotopic (exact) mass is 251 g/mol. The Hall–Kier alpha value is -2.03. The third kappa shape index (κ3) is 2.28. The highest BCUT2D eigenvalue weighted by atomic mass is 15.1. The molecule has 1 aliphatic heterocycles. The molecule has 1 unspecified atom stereocenters. The molecule has 0 radical (unpaired) electrons. The molecule has 96 valence electrons. The SMILES string of the molecule is C=CCc1nnc2ccccc2c1C1CCCC=N1. The van der Waals surface area contributed by atoms with E-state index in [1.165, 1.54) is 17.4 Å². The molecule has 0 amide bonds. The van der Waals surface area contributed by atoms with Crippen LogP contribution in [0.2, 0.25) is 0 Å². The van der Waals surface area contributed by atoms with E-state index in [9.17, 15) is 0 Å². The number of aromatic nitrogens is 2. The molecule has 3 nitrogen and oxygen atoms in total. The molecule has 0 saturated heterocycles. The first-order valence-corrected chi connectivity index (χ1v) is 6.77. The van der Waals surface area contributed by atoms with Crippen LogP contribution in [-0.4, -0.2) is 16.4 Å². The largest absolute Gasteiger partial charge is 0.289 e. The Morgan fingerprint density at radius 2 is 2.16 bits per heavy atom. The minimum Gasteiger partial charge on any atom is -0.289 e. The number of benzene rings is 1. The molecule has 2 heterocycles. The zero-order valence-corrected chi connectivity index (χ0v) is 10.9. The third-order valence-corrected chi connectivity index (χ3v) is 3.55. The van der Waals surface area contributed by atoms with Crippen LogP contribution in [-0.2, 0) is 6.42 Å². The van der Waals surface area contributed by atoms with E-state index in [4.69, 9.17) is 0 Å². The Labute approximate surface area is 113 Å². The summed E-state index contributed by atoms with van der Waals surface area (Å²) in [5.41, 5.74) is 3.20. The molecule has 2 aromatic rings. The molecule has 0 fully saturated rings. The van der Waals surface area contributed by atoms with E-state index in [-0.39, 0.29) is 6.04 Å². The van der Waals surface area contributed by atoms with Crippen molar-refractivity contribution in [1.82, 2.24) is 10.2 Å². The van der Waals surface area contributed by atoms with Crippen LogP contribution in [0.4, 0.5) is 0 Å². The van der Waals surface area contributed by atoms with Crippen LogP contribution in [0.1, 0.15) is 36.6 Å². The van der Waals surface area contributed by atoms with Crippen molar-refractivity contribution in [1.29, 1.82) is 0 Å². The highest BCUT2D eigenvalue weighted by Crippen LogP contribution is 2.33. The maximum absolute atomic E-state index is 4.67. The Bertz CT molecular complexity index is 631. The number of allylic oxidation sites excluding steroid dienone is 1. The lowest BCUT2D eigenvalue weighted by atomic mass is 9.94. The molecular weight excluding hydrogens is 234 g/mol. The normalized spacial score (nSPS) is 18.6. The van der Waals surface area contributed by atoms with E-state index in [1.807, 2.05) is 24.4 Å². The van der Waals surface area contributed by atoms with E-state index >= 15 is 0 Å². The summed E-state index contributed by atoms with van der Waals surface area (Å²) in [5.74, 6) is 0. The smallest absolute Gasteiger partial charge is 0.0933 e. The molecule has 1 aromatic heterocycles. The average Bonchev–Trinajstić information content (AvgIpc) is 2.48. The molecule has 1 atom stereocenters. The molecule has 0 aliphatic carbocycles. The van der Waals surface area contributed by atoms with Gasteiger partial charge in [0.05, 0.1) is 17.3 Å². The summed E-state index contributed by atoms with van der Waals surface area (Å²) >= 11 is 0. The zero-order valence-electron chi connectivity index (χ0n) is 10.9. The van der Waals surface area contributed by atoms with E-state index < -0.39 is 0 Å². The Morgan fingerprint density at radius 1 is 1.26 bits per heavy atom. The second-order valence-electron chi connectivity index (χ2n) is 4.85. The summed E-state index contributed by atoms with van der Waals surface area (Å²) < 4.78 is 0. The van der Waals surface area contributed by atoms with Gasteiger partial charge in [0.2, 0.25) is 0 Å². The van der Waals surface area contributed by atoms with Crippen LogP contribution in [0.25, 0.3) is 10.9 Å². The minimum atomic E-state index is 0.226. The molecule has 19 heavy (non-hydrogen) atoms. The lowest BCUT2D eigenvalue weighted by Crippen LogP contribution is -2.08. The first kappa shape index (κ1) is 12.0. The van der Waals surface area contributed by atoms with Crippen LogP contribution < -0.4 is 0 Å². The third-order valence-electron chi connectivity index (χ3n) is 3.55. The molecule has 3 rings (SSSR count).